The van der Waals surface area contributed by atoms with Gasteiger partial charge in [-0.15, -0.1) is 0 Å². The van der Waals surface area contributed by atoms with Gasteiger partial charge in [-0.05, 0) is 0 Å². The van der Waals surface area contributed by atoms with Crippen molar-refractivity contribution in [1.82, 2.24) is 5.09 Å². The van der Waals surface area contributed by atoms with E-state index in [1.165, 1.54) is 9.47 Å². The van der Waals surface area contributed by atoms with Crippen LogP contribution in [0, 0.1) is 0 Å². The third kappa shape index (κ3) is 3.54. The standard InChI is InChI=1S/CH4NPS2.Mo/c3-2-1(4)5;/h3H2,(H2,2,4,5);/q;+1/p-1. The summed E-state index contributed by atoms with van der Waals surface area (Å²) in [4.78, 5) is 0. The molecule has 0 spiro atoms. The Labute approximate surface area is 58.9 Å². The van der Waals surface area contributed by atoms with Gasteiger partial charge in [-0.2, -0.15) is 0 Å². The molecule has 0 aliphatic heterocycles. The Morgan fingerprint density at radius 3 is 2.50 bits per heavy atom. The molecule has 0 fully saturated rings. The van der Waals surface area contributed by atoms with E-state index in [0.717, 1.165) is 4.32 Å². The van der Waals surface area contributed by atoms with Gasteiger partial charge >= 0.3 is 59.0 Å². The molecule has 0 heterocycles. The second-order valence-electron chi connectivity index (χ2n) is 0.515. The van der Waals surface area contributed by atoms with Crippen molar-refractivity contribution in [3.63, 3.8) is 0 Å². The van der Waals surface area contributed by atoms with Crippen LogP contribution in [0.15, 0.2) is 0 Å². The van der Waals surface area contributed by atoms with Gasteiger partial charge in [0.15, 0.2) is 0 Å². The summed E-state index contributed by atoms with van der Waals surface area (Å²) in [6, 6.07) is 0. The Kier molecular flexibility index (Phi) is 5.54. The Morgan fingerprint density at radius 1 is 2.00 bits per heavy atom. The first-order valence-electron chi connectivity index (χ1n) is 1.11. The summed E-state index contributed by atoms with van der Waals surface area (Å²) in [6.45, 7) is 0. The molecule has 0 bridgehead atoms. The topological polar surface area (TPSA) is 12.0 Å². The van der Waals surface area contributed by atoms with E-state index >= 15 is 0 Å². The summed E-state index contributed by atoms with van der Waals surface area (Å²) in [5.74, 6) is 0. The molecule has 0 aromatic rings. The van der Waals surface area contributed by atoms with E-state index in [0.29, 0.717) is 0 Å². The minimum atomic E-state index is 0.810. The average Bonchev–Trinajstić information content (AvgIpc) is 1.65. The molecular formula is CH3MoNPS2. The van der Waals surface area contributed by atoms with E-state index in [9.17, 15) is 0 Å². The van der Waals surface area contributed by atoms with E-state index in [1.807, 2.05) is 18.5 Å². The molecule has 0 aliphatic carbocycles. The van der Waals surface area contributed by atoms with Crippen LogP contribution < -0.4 is 5.09 Å². The first-order valence-corrected chi connectivity index (χ1v) is 5.30. The number of hydrogen-bond donors (Lipinski definition) is 1. The van der Waals surface area contributed by atoms with E-state index in [4.69, 9.17) is 0 Å². The van der Waals surface area contributed by atoms with Crippen LogP contribution in [0.4, 0.5) is 0 Å². The Hall–Kier alpha value is 1.36. The van der Waals surface area contributed by atoms with E-state index < -0.39 is 0 Å². The maximum absolute atomic E-state index is 4.69. The SMILES string of the molecule is PNC(=S)[S][Mo]. The molecule has 1 atom stereocenters. The van der Waals surface area contributed by atoms with Crippen molar-refractivity contribution < 1.29 is 18.5 Å². The summed E-state index contributed by atoms with van der Waals surface area (Å²) in [5, 5.41) is 2.73. The first-order chi connectivity index (χ1) is 2.81. The van der Waals surface area contributed by atoms with Crippen molar-refractivity contribution in [2.24, 2.45) is 0 Å². The maximum atomic E-state index is 4.69. The predicted molar refractivity (Wildman–Crippen MR) is 33.0 cm³/mol. The van der Waals surface area contributed by atoms with Crippen LogP contribution in [0.1, 0.15) is 0 Å². The summed E-state index contributed by atoms with van der Waals surface area (Å²) in [5.41, 5.74) is 0. The van der Waals surface area contributed by atoms with Crippen LogP contribution >= 0.6 is 31.1 Å². The Morgan fingerprint density at radius 2 is 2.50 bits per heavy atom. The second kappa shape index (κ2) is 4.52. The zero-order chi connectivity index (χ0) is 4.99. The Balaban J connectivity index is 2.99. The molecule has 0 aromatic heterocycles. The van der Waals surface area contributed by atoms with Crippen molar-refractivity contribution in [3.05, 3.63) is 0 Å². The van der Waals surface area contributed by atoms with Crippen molar-refractivity contribution in [2.45, 2.75) is 0 Å². The number of rotatable bonds is 0. The molecule has 0 rings (SSSR count). The van der Waals surface area contributed by atoms with Crippen LogP contribution in [0.25, 0.3) is 0 Å². The van der Waals surface area contributed by atoms with Gasteiger partial charge in [-0.1, -0.05) is 0 Å². The van der Waals surface area contributed by atoms with Gasteiger partial charge in [0.2, 0.25) is 0 Å². The summed E-state index contributed by atoms with van der Waals surface area (Å²) >= 11 is 6.56. The molecule has 0 amide bonds. The fourth-order valence-electron chi connectivity index (χ4n) is 0.0241. The molecule has 1 nitrogen and oxygen atoms in total. The number of hydrogen-bond acceptors (Lipinski definition) is 2. The molecule has 5 heteroatoms. The summed E-state index contributed by atoms with van der Waals surface area (Å²) in [6.07, 6.45) is 0. The van der Waals surface area contributed by atoms with Crippen molar-refractivity contribution in [2.75, 3.05) is 0 Å². The molecule has 35 valence electrons. The number of thiocarbonyl (C=S) groups is 1. The predicted octanol–water partition coefficient (Wildman–Crippen LogP) is 0.846. The minimum absolute atomic E-state index is 0.810. The molecule has 0 radical (unpaired) electrons. The molecule has 0 aliphatic rings. The summed E-state index contributed by atoms with van der Waals surface area (Å²) in [7, 11) is 3.86. The van der Waals surface area contributed by atoms with E-state index in [2.05, 4.69) is 26.7 Å². The average molecular weight is 220 g/mol. The van der Waals surface area contributed by atoms with Crippen molar-refractivity contribution in [3.8, 4) is 0 Å². The van der Waals surface area contributed by atoms with Gasteiger partial charge in [-0.25, -0.2) is 0 Å². The molecule has 6 heavy (non-hydrogen) atoms. The molecule has 0 saturated carbocycles. The third-order valence-electron chi connectivity index (χ3n) is 0.194. The van der Waals surface area contributed by atoms with Crippen LogP contribution in [0.5, 0.6) is 0 Å². The first kappa shape index (κ1) is 7.36. The molecule has 1 N–H and O–H groups in total. The van der Waals surface area contributed by atoms with Gasteiger partial charge in [0.05, 0.1) is 0 Å². The third-order valence-corrected chi connectivity index (χ3v) is 3.61. The molecule has 1 unspecified atom stereocenters. The van der Waals surface area contributed by atoms with Crippen LogP contribution in [0.3, 0.4) is 0 Å². The van der Waals surface area contributed by atoms with E-state index in [-0.39, 0.29) is 0 Å². The zero-order valence-corrected chi connectivity index (χ0v) is 7.60. The monoisotopic (exact) mass is 222 g/mol. The van der Waals surface area contributed by atoms with Crippen LogP contribution in [-0.4, -0.2) is 4.32 Å². The molecular weight excluding hydrogens is 217 g/mol. The fraction of sp³-hybridized carbons (Fsp3) is 0. The molecule has 0 saturated heterocycles. The fourth-order valence-corrected chi connectivity index (χ4v) is 1.28. The quantitative estimate of drug-likeness (QED) is 0.369. The Bertz CT molecular complexity index is 51.5. The van der Waals surface area contributed by atoms with Gasteiger partial charge in [0.1, 0.15) is 0 Å². The molecule has 0 aromatic carbocycles. The van der Waals surface area contributed by atoms with E-state index in [1.54, 1.807) is 0 Å². The second-order valence-corrected chi connectivity index (χ2v) is 3.27. The zero-order valence-electron chi connectivity index (χ0n) is 2.80. The van der Waals surface area contributed by atoms with Crippen LogP contribution in [0.2, 0.25) is 0 Å². The van der Waals surface area contributed by atoms with Gasteiger partial charge in [-0.3, -0.25) is 0 Å². The van der Waals surface area contributed by atoms with Crippen LogP contribution in [-0.2, 0) is 18.5 Å². The van der Waals surface area contributed by atoms with Gasteiger partial charge in [0.25, 0.3) is 0 Å². The van der Waals surface area contributed by atoms with Gasteiger partial charge in [0, 0.05) is 0 Å². The van der Waals surface area contributed by atoms with Crippen molar-refractivity contribution >= 4 is 35.4 Å². The number of nitrogens with one attached hydrogen (secondary N) is 1. The van der Waals surface area contributed by atoms with Gasteiger partial charge < -0.3 is 0 Å². The van der Waals surface area contributed by atoms with Crippen molar-refractivity contribution in [1.29, 1.82) is 0 Å². The summed E-state index contributed by atoms with van der Waals surface area (Å²) < 4.78 is 0.810. The normalized spacial score (nSPS) is 7.50.